The Morgan fingerprint density at radius 2 is 1.29 bits per heavy atom. The van der Waals surface area contributed by atoms with Crippen molar-refractivity contribution in [2.24, 2.45) is 0 Å². The molecule has 4 rings (SSSR count). The first-order valence-electron chi connectivity index (χ1n) is 8.86. The van der Waals surface area contributed by atoms with Gasteiger partial charge in [0.15, 0.2) is 5.69 Å². The number of aromatic nitrogens is 4. The number of benzene rings is 2. The molecule has 0 saturated carbocycles. The number of hydrogen-bond donors (Lipinski definition) is 0. The third-order valence-electron chi connectivity index (χ3n) is 3.94. The number of carbonyl (C=O) groups excluding carboxylic acids is 1. The number of esters is 1. The summed E-state index contributed by atoms with van der Waals surface area (Å²) in [7, 11) is 1.31. The van der Waals surface area contributed by atoms with Crippen molar-refractivity contribution >= 4 is 40.8 Å². The minimum Gasteiger partial charge on any atom is -0.464 e. The highest BCUT2D eigenvalue weighted by Crippen LogP contribution is 2.22. The first-order chi connectivity index (χ1) is 15.0. The first-order valence-corrected chi connectivity index (χ1v) is 9.99. The van der Waals surface area contributed by atoms with Crippen molar-refractivity contribution in [3.05, 3.63) is 94.2 Å². The van der Waals surface area contributed by atoms with Gasteiger partial charge in [-0.15, -0.1) is 0 Å². The fraction of sp³-hybridized carbons (Fsp3) is 0.0455. The molecule has 0 N–H and O–H groups in total. The van der Waals surface area contributed by atoms with Crippen LogP contribution in [0.25, 0.3) is 22.5 Å². The lowest BCUT2D eigenvalue weighted by atomic mass is 10.1. The maximum Gasteiger partial charge on any atom is 0.356 e. The summed E-state index contributed by atoms with van der Waals surface area (Å²) in [6.45, 7) is 0. The van der Waals surface area contributed by atoms with Gasteiger partial charge in [-0.05, 0) is 30.3 Å². The first kappa shape index (κ1) is 22.6. The molecule has 4 aromatic rings. The van der Waals surface area contributed by atoms with Gasteiger partial charge in [0.05, 0.1) is 18.5 Å². The predicted octanol–water partition coefficient (Wildman–Crippen LogP) is 6.03. The quantitative estimate of drug-likeness (QED) is 0.267. The van der Waals surface area contributed by atoms with Crippen molar-refractivity contribution in [2.75, 3.05) is 7.11 Å². The van der Waals surface area contributed by atoms with Crippen LogP contribution in [-0.2, 0) is 4.74 Å². The normalized spacial score (nSPS) is 10.1. The molecule has 0 aliphatic rings. The molecule has 0 fully saturated rings. The average Bonchev–Trinajstić information content (AvgIpc) is 2.79. The maximum absolute atomic E-state index is 11.3. The molecule has 2 heterocycles. The van der Waals surface area contributed by atoms with Crippen molar-refractivity contribution in [2.45, 2.75) is 0 Å². The second kappa shape index (κ2) is 10.8. The fourth-order valence-corrected chi connectivity index (χ4v) is 3.05. The molecule has 156 valence electrons. The lowest BCUT2D eigenvalue weighted by molar-refractivity contribution is 0.0594. The van der Waals surface area contributed by atoms with Gasteiger partial charge in [0.2, 0.25) is 0 Å². The smallest absolute Gasteiger partial charge is 0.356 e. The second-order valence-electron chi connectivity index (χ2n) is 6.03. The highest BCUT2D eigenvalue weighted by atomic mass is 35.5. The van der Waals surface area contributed by atoms with Crippen molar-refractivity contribution < 1.29 is 9.53 Å². The Morgan fingerprint density at radius 3 is 1.81 bits per heavy atom. The van der Waals surface area contributed by atoms with Crippen molar-refractivity contribution in [3.8, 4) is 22.5 Å². The van der Waals surface area contributed by atoms with E-state index in [2.05, 4.69) is 24.7 Å². The van der Waals surface area contributed by atoms with Gasteiger partial charge >= 0.3 is 5.97 Å². The number of hydrogen-bond acceptors (Lipinski definition) is 6. The van der Waals surface area contributed by atoms with Gasteiger partial charge in [-0.3, -0.25) is 0 Å². The van der Waals surface area contributed by atoms with E-state index in [1.54, 1.807) is 24.3 Å². The van der Waals surface area contributed by atoms with Crippen LogP contribution in [0.1, 0.15) is 10.5 Å². The summed E-state index contributed by atoms with van der Waals surface area (Å²) in [5.41, 5.74) is 3.37. The van der Waals surface area contributed by atoms with E-state index in [0.29, 0.717) is 20.9 Å². The van der Waals surface area contributed by atoms with Crippen LogP contribution in [0.3, 0.4) is 0 Å². The molecule has 0 spiro atoms. The van der Waals surface area contributed by atoms with Crippen LogP contribution in [0.4, 0.5) is 0 Å². The molecule has 9 heteroatoms. The lowest BCUT2D eigenvalue weighted by Crippen LogP contribution is -2.04. The van der Waals surface area contributed by atoms with E-state index in [0.717, 1.165) is 16.8 Å². The Labute approximate surface area is 193 Å². The summed E-state index contributed by atoms with van der Waals surface area (Å²) < 4.78 is 4.60. The van der Waals surface area contributed by atoms with Gasteiger partial charge in [0, 0.05) is 27.2 Å². The molecule has 0 aliphatic carbocycles. The summed E-state index contributed by atoms with van der Waals surface area (Å²) >= 11 is 17.5. The molecule has 6 nitrogen and oxygen atoms in total. The number of rotatable bonds is 3. The average molecular weight is 474 g/mol. The van der Waals surface area contributed by atoms with E-state index in [1.165, 1.54) is 19.8 Å². The predicted molar refractivity (Wildman–Crippen MR) is 121 cm³/mol. The van der Waals surface area contributed by atoms with E-state index in [-0.39, 0.29) is 5.69 Å². The van der Waals surface area contributed by atoms with Crippen LogP contribution in [0, 0.1) is 0 Å². The summed E-state index contributed by atoms with van der Waals surface area (Å²) in [6.07, 6.45) is 2.75. The Bertz CT molecular complexity index is 1160. The van der Waals surface area contributed by atoms with Crippen molar-refractivity contribution in [1.82, 2.24) is 19.9 Å². The Balaban J connectivity index is 0.000000179. The van der Waals surface area contributed by atoms with Crippen LogP contribution >= 0.6 is 34.8 Å². The minimum atomic E-state index is -0.490. The number of ether oxygens (including phenoxy) is 1. The Morgan fingerprint density at radius 1 is 0.742 bits per heavy atom. The number of halogens is 3. The molecule has 2 aromatic carbocycles. The summed E-state index contributed by atoms with van der Waals surface area (Å²) in [5.74, 6) is -0.490. The topological polar surface area (TPSA) is 77.9 Å². The van der Waals surface area contributed by atoms with Crippen LogP contribution in [0.2, 0.25) is 15.2 Å². The molecule has 0 radical (unpaired) electrons. The second-order valence-corrected chi connectivity index (χ2v) is 7.29. The van der Waals surface area contributed by atoms with Crippen LogP contribution in [0.5, 0.6) is 0 Å². The molecule has 0 saturated heterocycles. The highest BCUT2D eigenvalue weighted by molar-refractivity contribution is 6.31. The molecule has 0 amide bonds. The third kappa shape index (κ3) is 6.46. The van der Waals surface area contributed by atoms with E-state index >= 15 is 0 Å². The molecule has 0 atom stereocenters. The number of carbonyl (C=O) groups is 1. The van der Waals surface area contributed by atoms with Crippen molar-refractivity contribution in [1.29, 1.82) is 0 Å². The maximum atomic E-state index is 11.3. The van der Waals surface area contributed by atoms with Crippen LogP contribution < -0.4 is 0 Å². The summed E-state index contributed by atoms with van der Waals surface area (Å²) in [6, 6.07) is 17.9. The number of methoxy groups -OCH3 is 1. The standard InChI is InChI=1S/C12H9ClN2O2.C10H6Cl2N2/c1-17-12(16)11-6-10(14-7-15-11)8-3-2-4-9(13)5-8;11-8-3-1-2-7(4-8)9-5-10(12)14-6-13-9/h2-7H,1H3;1-6H. The molecule has 2 aromatic heterocycles. The largest absolute Gasteiger partial charge is 0.464 e. The van der Waals surface area contributed by atoms with E-state index < -0.39 is 5.97 Å². The monoisotopic (exact) mass is 472 g/mol. The molecule has 31 heavy (non-hydrogen) atoms. The van der Waals surface area contributed by atoms with E-state index in [4.69, 9.17) is 34.8 Å². The third-order valence-corrected chi connectivity index (χ3v) is 4.61. The fourth-order valence-electron chi connectivity index (χ4n) is 2.52. The SMILES string of the molecule is COC(=O)c1cc(-c2cccc(Cl)c2)ncn1.Clc1cccc(-c2cc(Cl)ncn2)c1. The van der Waals surface area contributed by atoms with Gasteiger partial charge < -0.3 is 4.74 Å². The molecule has 0 bridgehead atoms. The molecular weight excluding hydrogens is 459 g/mol. The zero-order chi connectivity index (χ0) is 22.2. The zero-order valence-electron chi connectivity index (χ0n) is 16.2. The summed E-state index contributed by atoms with van der Waals surface area (Å²) in [5, 5.41) is 1.72. The summed E-state index contributed by atoms with van der Waals surface area (Å²) in [4.78, 5) is 27.2. The van der Waals surface area contributed by atoms with Gasteiger partial charge in [0.1, 0.15) is 17.8 Å². The Kier molecular flexibility index (Phi) is 7.89. The lowest BCUT2D eigenvalue weighted by Gasteiger charge is -2.03. The molecule has 0 unspecified atom stereocenters. The van der Waals surface area contributed by atoms with Gasteiger partial charge in [-0.2, -0.15) is 0 Å². The van der Waals surface area contributed by atoms with Gasteiger partial charge in [-0.1, -0.05) is 59.1 Å². The van der Waals surface area contributed by atoms with Gasteiger partial charge in [-0.25, -0.2) is 24.7 Å². The number of nitrogens with zero attached hydrogens (tertiary/aromatic N) is 4. The zero-order valence-corrected chi connectivity index (χ0v) is 18.4. The van der Waals surface area contributed by atoms with E-state index in [1.807, 2.05) is 36.4 Å². The van der Waals surface area contributed by atoms with Gasteiger partial charge in [0.25, 0.3) is 0 Å². The van der Waals surface area contributed by atoms with E-state index in [9.17, 15) is 4.79 Å². The van der Waals surface area contributed by atoms with Crippen LogP contribution in [-0.4, -0.2) is 33.0 Å². The molecule has 0 aliphatic heterocycles. The highest BCUT2D eigenvalue weighted by Gasteiger charge is 2.09. The van der Waals surface area contributed by atoms with Crippen LogP contribution in [0.15, 0.2) is 73.3 Å². The van der Waals surface area contributed by atoms with Crippen molar-refractivity contribution in [3.63, 3.8) is 0 Å². The molecular formula is C22H15Cl3N4O2. The minimum absolute atomic E-state index is 0.220. The Hall–Kier alpha value is -3.06.